The van der Waals surface area contributed by atoms with Gasteiger partial charge in [0.25, 0.3) is 5.91 Å². The molecule has 7 amide bonds. The van der Waals surface area contributed by atoms with E-state index < -0.39 is 120 Å². The fraction of sp³-hybridized carbons (Fsp3) is 0.562. The van der Waals surface area contributed by atoms with Gasteiger partial charge < -0.3 is 56.4 Å². The lowest BCUT2D eigenvalue weighted by atomic mass is 9.95. The molecule has 20 heteroatoms. The fourth-order valence-electron chi connectivity index (χ4n) is 8.11. The van der Waals surface area contributed by atoms with E-state index in [1.54, 1.807) is 77.1 Å². The number of amides is 7. The number of likely N-dealkylation sites (N-methyl/N-ethyl adjacent to an activating group) is 1. The predicted molar refractivity (Wildman–Crippen MR) is 245 cm³/mol. The number of carbonyl (C=O) groups excluding carboxylic acids is 9. The summed E-state index contributed by atoms with van der Waals surface area (Å²) in [7, 11) is 1.35. The van der Waals surface area contributed by atoms with Gasteiger partial charge in [-0.1, -0.05) is 77.1 Å². The largest absolute Gasteiger partial charge is 0.508 e. The number of aromatic hydroxyl groups is 1. The van der Waals surface area contributed by atoms with Gasteiger partial charge in [-0.05, 0) is 74.6 Å². The molecule has 2 aromatic carbocycles. The van der Waals surface area contributed by atoms with Gasteiger partial charge in [-0.15, -0.1) is 0 Å². The monoisotopic (exact) mass is 949 g/mol. The number of nitrogens with one attached hydrogen (secondary N) is 5. The van der Waals surface area contributed by atoms with Gasteiger partial charge in [0.2, 0.25) is 41.2 Å². The summed E-state index contributed by atoms with van der Waals surface area (Å²) >= 11 is 0. The average Bonchev–Trinajstić information content (AvgIpc) is 3.28. The average molecular weight is 950 g/mol. The van der Waals surface area contributed by atoms with Crippen molar-refractivity contribution in [3.8, 4) is 5.75 Å². The third-order valence-electron chi connectivity index (χ3n) is 12.0. The molecule has 0 spiro atoms. The Morgan fingerprint density at radius 2 is 1.43 bits per heavy atom. The van der Waals surface area contributed by atoms with Crippen LogP contribution in [0, 0.1) is 11.8 Å². The molecule has 8 N–H and O–H groups in total. The van der Waals surface area contributed by atoms with E-state index in [2.05, 4.69) is 26.6 Å². The van der Waals surface area contributed by atoms with Gasteiger partial charge in [-0.25, -0.2) is 4.79 Å². The van der Waals surface area contributed by atoms with E-state index in [0.29, 0.717) is 17.5 Å². The molecule has 2 bridgehead atoms. The number of cyclic esters (lactones) is 1. The van der Waals surface area contributed by atoms with Crippen molar-refractivity contribution in [1.29, 1.82) is 0 Å². The van der Waals surface area contributed by atoms with Crippen molar-refractivity contribution < 1.29 is 63.2 Å². The topological polar surface area (TPSA) is 290 Å². The lowest BCUT2D eigenvalue weighted by Crippen LogP contribution is -2.65. The van der Waals surface area contributed by atoms with Crippen molar-refractivity contribution in [2.45, 2.75) is 154 Å². The first kappa shape index (κ1) is 54.2. The van der Waals surface area contributed by atoms with E-state index in [9.17, 15) is 58.5 Å². The number of nitrogens with zero attached hydrogens (tertiary/aromatic N) is 2. The maximum atomic E-state index is 15.0. The molecule has 2 aromatic rings. The predicted octanol–water partition coefficient (Wildman–Crippen LogP) is 0.135. The number of benzene rings is 2. The summed E-state index contributed by atoms with van der Waals surface area (Å²) in [4.78, 5) is 128. The van der Waals surface area contributed by atoms with Crippen LogP contribution in [0.25, 0.3) is 0 Å². The summed E-state index contributed by atoms with van der Waals surface area (Å²) in [6, 6.07) is 3.99. The molecule has 372 valence electrons. The van der Waals surface area contributed by atoms with Crippen LogP contribution in [0.4, 0.5) is 0 Å². The van der Waals surface area contributed by atoms with Crippen LogP contribution >= 0.6 is 0 Å². The molecule has 0 aliphatic carbocycles. The Labute approximate surface area is 396 Å². The Morgan fingerprint density at radius 1 is 0.809 bits per heavy atom. The van der Waals surface area contributed by atoms with Crippen LogP contribution in [-0.2, 0) is 60.7 Å². The van der Waals surface area contributed by atoms with Crippen molar-refractivity contribution in [3.05, 3.63) is 65.7 Å². The van der Waals surface area contributed by atoms with E-state index in [-0.39, 0.29) is 50.2 Å². The second kappa shape index (κ2) is 24.6. The highest BCUT2D eigenvalue weighted by Crippen LogP contribution is 2.26. The first-order valence-corrected chi connectivity index (χ1v) is 23.1. The van der Waals surface area contributed by atoms with Crippen LogP contribution < -0.4 is 26.6 Å². The highest BCUT2D eigenvalue weighted by atomic mass is 16.5. The van der Waals surface area contributed by atoms with Crippen LogP contribution in [0.5, 0.6) is 5.75 Å². The van der Waals surface area contributed by atoms with Gasteiger partial charge in [0.15, 0.2) is 0 Å². The van der Waals surface area contributed by atoms with Crippen molar-refractivity contribution >= 4 is 53.1 Å². The second-order valence-corrected chi connectivity index (χ2v) is 18.3. The minimum atomic E-state index is -1.84. The summed E-state index contributed by atoms with van der Waals surface area (Å²) in [5.41, 5.74) is 1.10. The molecule has 20 nitrogen and oxygen atoms in total. The zero-order chi connectivity index (χ0) is 50.6. The third-order valence-corrected chi connectivity index (χ3v) is 12.0. The molecule has 2 aliphatic rings. The highest BCUT2D eigenvalue weighted by molar-refractivity contribution is 6.36. The molecule has 0 aromatic heterocycles. The Kier molecular flexibility index (Phi) is 19.6. The number of rotatable bonds is 14. The number of ketones is 1. The van der Waals surface area contributed by atoms with Gasteiger partial charge >= 0.3 is 5.97 Å². The van der Waals surface area contributed by atoms with E-state index >= 15 is 0 Å². The highest BCUT2D eigenvalue weighted by Gasteiger charge is 2.46. The molecule has 2 fully saturated rings. The zero-order valence-electron chi connectivity index (χ0n) is 39.9. The fourth-order valence-corrected chi connectivity index (χ4v) is 8.11. The Bertz CT molecular complexity index is 2130. The van der Waals surface area contributed by atoms with Crippen molar-refractivity contribution in [2.24, 2.45) is 11.8 Å². The van der Waals surface area contributed by atoms with Crippen LogP contribution in [0.3, 0.4) is 0 Å². The molecule has 0 saturated carbocycles. The summed E-state index contributed by atoms with van der Waals surface area (Å²) in [6.45, 7) is 10.8. The lowest BCUT2D eigenvalue weighted by molar-refractivity contribution is -0.165. The molecule has 2 saturated heterocycles. The van der Waals surface area contributed by atoms with Gasteiger partial charge in [0.05, 0.1) is 6.10 Å². The number of Topliss-reactive ketones (excluding diaryl/α,β-unsaturated/α-hetero) is 1. The van der Waals surface area contributed by atoms with Crippen LogP contribution in [-0.4, -0.2) is 146 Å². The summed E-state index contributed by atoms with van der Waals surface area (Å²) < 4.78 is 5.82. The number of hydrogen-bond acceptors (Lipinski definition) is 13. The van der Waals surface area contributed by atoms with Crippen molar-refractivity contribution in [2.75, 3.05) is 7.05 Å². The minimum absolute atomic E-state index is 0.00462. The third kappa shape index (κ3) is 14.3. The molecule has 0 radical (unpaired) electrons. The lowest BCUT2D eigenvalue weighted by Gasteiger charge is -2.43. The smallest absolute Gasteiger partial charge is 0.329 e. The zero-order valence-corrected chi connectivity index (χ0v) is 39.9. The second-order valence-electron chi connectivity index (χ2n) is 18.3. The number of ether oxygens (including phenoxy) is 1. The molecular formula is C48H67N7O13. The number of aliphatic hydroxyl groups is 2. The maximum absolute atomic E-state index is 15.0. The molecule has 2 heterocycles. The maximum Gasteiger partial charge on any atom is 0.329 e. The van der Waals surface area contributed by atoms with Crippen LogP contribution in [0.15, 0.2) is 54.6 Å². The standard InChI is InChI=1S/C48H67N7O13/c1-9-13-36(58)43(62)52-39(27(6)56)44(63)53-40-28(7)68-48(67)38(26(4)5)51-42(61)34(23-30-16-18-31(57)19-17-30)54(8)47(66)35(24-29-14-11-10-12-15-29)55-37(59)21-20-32(46(55)65)49-41(60)33(22-25(2)3)50-45(40)64/h10-12,14-19,25-28,32-35,37-40,56-57,59H,9,13,20-24H2,1-8H3,(H,49,60)(H,50,64)(H,51,61)(H,52,62)(H,53,63). The van der Waals surface area contributed by atoms with Crippen LogP contribution in [0.2, 0.25) is 0 Å². The number of phenols is 1. The number of piperidine rings is 1. The quantitative estimate of drug-likeness (QED) is 0.0925. The Hall–Kier alpha value is -6.41. The van der Waals surface area contributed by atoms with E-state index in [1.807, 2.05) is 0 Å². The van der Waals surface area contributed by atoms with E-state index in [4.69, 9.17) is 4.74 Å². The summed E-state index contributed by atoms with van der Waals surface area (Å²) in [5.74, 6) is -9.54. The molecule has 10 unspecified atom stereocenters. The number of esters is 1. The number of phenolic OH excluding ortho intramolecular Hbond substituents is 1. The molecule has 10 atom stereocenters. The number of fused-ring (bicyclic) bond motifs is 2. The number of aliphatic hydroxyl groups excluding tert-OH is 2. The summed E-state index contributed by atoms with van der Waals surface area (Å²) in [6.07, 6.45) is -4.92. The van der Waals surface area contributed by atoms with Crippen molar-refractivity contribution in [1.82, 2.24) is 36.4 Å². The van der Waals surface area contributed by atoms with E-state index in [1.165, 1.54) is 33.0 Å². The number of hydrogen-bond donors (Lipinski definition) is 8. The molecule has 2 aliphatic heterocycles. The molecular weight excluding hydrogens is 883 g/mol. The normalized spacial score (nSPS) is 25.5. The van der Waals surface area contributed by atoms with Gasteiger partial charge in [0.1, 0.15) is 60.4 Å². The summed E-state index contributed by atoms with van der Waals surface area (Å²) in [5, 5.41) is 44.7. The van der Waals surface area contributed by atoms with Gasteiger partial charge in [0, 0.05) is 26.3 Å². The van der Waals surface area contributed by atoms with Gasteiger partial charge in [-0.2, -0.15) is 0 Å². The first-order valence-electron chi connectivity index (χ1n) is 23.1. The van der Waals surface area contributed by atoms with Crippen molar-refractivity contribution in [3.63, 3.8) is 0 Å². The first-order chi connectivity index (χ1) is 32.0. The number of carbonyl (C=O) groups is 9. The van der Waals surface area contributed by atoms with Gasteiger partial charge in [-0.3, -0.25) is 38.4 Å². The Balaban J connectivity index is 1.87. The SMILES string of the molecule is CCCC(=O)C(=O)NC(C(=O)NC1C(=O)NC(CC(C)C)C(=O)NC2CCC(O)N(C2=O)C(Cc2ccccc2)C(=O)N(C)C(Cc2ccc(O)cc2)C(=O)NC(C(C)C)C(=O)OC1C)C(C)O. The van der Waals surface area contributed by atoms with Crippen LogP contribution in [0.1, 0.15) is 91.7 Å². The Morgan fingerprint density at radius 3 is 2.01 bits per heavy atom. The minimum Gasteiger partial charge on any atom is -0.508 e. The molecule has 68 heavy (non-hydrogen) atoms. The molecule has 4 rings (SSSR count). The van der Waals surface area contributed by atoms with E-state index in [0.717, 1.165) is 9.80 Å².